The van der Waals surface area contributed by atoms with Crippen molar-refractivity contribution in [2.75, 3.05) is 26.0 Å². The first-order valence-electron chi connectivity index (χ1n) is 6.67. The van der Waals surface area contributed by atoms with Crippen LogP contribution >= 0.6 is 0 Å². The normalized spacial score (nSPS) is 11.5. The molecule has 0 atom stereocenters. The number of ether oxygens (including phenoxy) is 1. The number of hydrogen-bond acceptors (Lipinski definition) is 4. The van der Waals surface area contributed by atoms with Crippen molar-refractivity contribution in [2.45, 2.75) is 39.0 Å². The summed E-state index contributed by atoms with van der Waals surface area (Å²) < 4.78 is 29.7. The van der Waals surface area contributed by atoms with E-state index in [-0.39, 0.29) is 18.9 Å². The van der Waals surface area contributed by atoms with Gasteiger partial charge in [0.1, 0.15) is 6.61 Å². The molecule has 0 saturated heterocycles. The SMILES string of the molecule is C=CC(=O)OCCN(C)S(=O)(=O)CCCCCCC. The smallest absolute Gasteiger partial charge is 0.330 e. The molecule has 0 aromatic heterocycles. The number of rotatable bonds is 11. The maximum Gasteiger partial charge on any atom is 0.330 e. The molecule has 5 nitrogen and oxygen atoms in total. The third-order valence-corrected chi connectivity index (χ3v) is 4.73. The predicted octanol–water partition coefficient (Wildman–Crippen LogP) is 1.95. The second-order valence-electron chi connectivity index (χ2n) is 4.42. The number of carbonyl (C=O) groups is 1. The van der Waals surface area contributed by atoms with E-state index in [1.165, 1.54) is 11.4 Å². The Morgan fingerprint density at radius 3 is 2.47 bits per heavy atom. The van der Waals surface area contributed by atoms with E-state index in [4.69, 9.17) is 4.74 Å². The lowest BCUT2D eigenvalue weighted by Crippen LogP contribution is -2.32. The van der Waals surface area contributed by atoms with Crippen molar-refractivity contribution in [2.24, 2.45) is 0 Å². The van der Waals surface area contributed by atoms with Crippen molar-refractivity contribution >= 4 is 16.0 Å². The maximum absolute atomic E-state index is 11.9. The first-order valence-corrected chi connectivity index (χ1v) is 8.28. The van der Waals surface area contributed by atoms with E-state index in [0.29, 0.717) is 6.42 Å². The van der Waals surface area contributed by atoms with Crippen LogP contribution in [0.25, 0.3) is 0 Å². The van der Waals surface area contributed by atoms with Crippen LogP contribution in [0, 0.1) is 0 Å². The number of esters is 1. The molecule has 0 amide bonds. The summed E-state index contributed by atoms with van der Waals surface area (Å²) in [5, 5.41) is 0. The zero-order valence-electron chi connectivity index (χ0n) is 11.9. The second kappa shape index (κ2) is 9.97. The van der Waals surface area contributed by atoms with Crippen molar-refractivity contribution in [3.05, 3.63) is 12.7 Å². The van der Waals surface area contributed by atoms with Crippen molar-refractivity contribution in [3.63, 3.8) is 0 Å². The number of likely N-dealkylation sites (N-methyl/N-ethyl adjacent to an activating group) is 1. The lowest BCUT2D eigenvalue weighted by Gasteiger charge is -2.16. The third kappa shape index (κ3) is 8.77. The van der Waals surface area contributed by atoms with Crippen LogP contribution in [0.15, 0.2) is 12.7 Å². The number of sulfonamides is 1. The fourth-order valence-electron chi connectivity index (χ4n) is 1.52. The van der Waals surface area contributed by atoms with Gasteiger partial charge in [-0.1, -0.05) is 39.2 Å². The lowest BCUT2D eigenvalue weighted by atomic mass is 10.2. The summed E-state index contributed by atoms with van der Waals surface area (Å²) in [6.45, 7) is 5.62. The monoisotopic (exact) mass is 291 g/mol. The highest BCUT2D eigenvalue weighted by atomic mass is 32.2. The van der Waals surface area contributed by atoms with Crippen LogP contribution in [-0.2, 0) is 19.6 Å². The van der Waals surface area contributed by atoms with Crippen LogP contribution in [-0.4, -0.2) is 44.6 Å². The largest absolute Gasteiger partial charge is 0.461 e. The molecule has 0 aromatic rings. The summed E-state index contributed by atoms with van der Waals surface area (Å²) in [5.41, 5.74) is 0. The van der Waals surface area contributed by atoms with E-state index < -0.39 is 16.0 Å². The molecule has 0 spiro atoms. The summed E-state index contributed by atoms with van der Waals surface area (Å²) >= 11 is 0. The van der Waals surface area contributed by atoms with Crippen molar-refractivity contribution in [1.82, 2.24) is 4.31 Å². The van der Waals surface area contributed by atoms with Gasteiger partial charge in [-0.3, -0.25) is 0 Å². The fraction of sp³-hybridized carbons (Fsp3) is 0.769. The van der Waals surface area contributed by atoms with Gasteiger partial charge >= 0.3 is 5.97 Å². The molecule has 0 aliphatic rings. The molecule has 0 aliphatic carbocycles. The molecule has 0 fully saturated rings. The molecule has 0 heterocycles. The van der Waals surface area contributed by atoms with Gasteiger partial charge in [-0.05, 0) is 6.42 Å². The fourth-order valence-corrected chi connectivity index (χ4v) is 2.75. The van der Waals surface area contributed by atoms with Gasteiger partial charge < -0.3 is 4.74 Å². The number of nitrogens with zero attached hydrogens (tertiary/aromatic N) is 1. The Hall–Kier alpha value is -0.880. The molecule has 112 valence electrons. The van der Waals surface area contributed by atoms with E-state index in [2.05, 4.69) is 13.5 Å². The van der Waals surface area contributed by atoms with Crippen molar-refractivity contribution in [3.8, 4) is 0 Å². The predicted molar refractivity (Wildman–Crippen MR) is 76.3 cm³/mol. The molecule has 0 saturated carbocycles. The Kier molecular flexibility index (Phi) is 9.51. The van der Waals surface area contributed by atoms with Gasteiger partial charge in [0.15, 0.2) is 0 Å². The van der Waals surface area contributed by atoms with E-state index in [9.17, 15) is 13.2 Å². The third-order valence-electron chi connectivity index (χ3n) is 2.80. The lowest BCUT2D eigenvalue weighted by molar-refractivity contribution is -0.137. The molecule has 0 bridgehead atoms. The van der Waals surface area contributed by atoms with Gasteiger partial charge in [0.05, 0.1) is 5.75 Å². The summed E-state index contributed by atoms with van der Waals surface area (Å²) in [4.78, 5) is 10.8. The van der Waals surface area contributed by atoms with Crippen LogP contribution in [0.1, 0.15) is 39.0 Å². The van der Waals surface area contributed by atoms with Gasteiger partial charge in [0.25, 0.3) is 0 Å². The molecule has 0 rings (SSSR count). The number of unbranched alkanes of at least 4 members (excludes halogenated alkanes) is 4. The van der Waals surface area contributed by atoms with Gasteiger partial charge in [0.2, 0.25) is 10.0 Å². The molecule has 19 heavy (non-hydrogen) atoms. The minimum absolute atomic E-state index is 0.0520. The molecule has 0 aromatic carbocycles. The van der Waals surface area contributed by atoms with Crippen LogP contribution in [0.3, 0.4) is 0 Å². The quantitative estimate of drug-likeness (QED) is 0.331. The Morgan fingerprint density at radius 1 is 1.26 bits per heavy atom. The van der Waals surface area contributed by atoms with Crippen LogP contribution < -0.4 is 0 Å². The van der Waals surface area contributed by atoms with E-state index in [0.717, 1.165) is 31.8 Å². The van der Waals surface area contributed by atoms with Gasteiger partial charge in [-0.2, -0.15) is 0 Å². The highest BCUT2D eigenvalue weighted by Crippen LogP contribution is 2.07. The highest BCUT2D eigenvalue weighted by Gasteiger charge is 2.17. The number of hydrogen-bond donors (Lipinski definition) is 0. The minimum atomic E-state index is -3.24. The van der Waals surface area contributed by atoms with Crippen LogP contribution in [0.4, 0.5) is 0 Å². The molecule has 0 N–H and O–H groups in total. The van der Waals surface area contributed by atoms with Gasteiger partial charge in [-0.25, -0.2) is 17.5 Å². The molecule has 6 heteroatoms. The summed E-state index contributed by atoms with van der Waals surface area (Å²) in [6, 6.07) is 0. The second-order valence-corrected chi connectivity index (χ2v) is 6.62. The Morgan fingerprint density at radius 2 is 1.89 bits per heavy atom. The average Bonchev–Trinajstić information content (AvgIpc) is 2.37. The first-order chi connectivity index (χ1) is 8.94. The topological polar surface area (TPSA) is 63.7 Å². The van der Waals surface area contributed by atoms with E-state index in [1.54, 1.807) is 0 Å². The Balaban J connectivity index is 3.90. The molecule has 0 unspecified atom stereocenters. The maximum atomic E-state index is 11.9. The highest BCUT2D eigenvalue weighted by molar-refractivity contribution is 7.89. The number of carbonyl (C=O) groups excluding carboxylic acids is 1. The summed E-state index contributed by atoms with van der Waals surface area (Å²) in [7, 11) is -1.73. The van der Waals surface area contributed by atoms with Crippen LogP contribution in [0.5, 0.6) is 0 Å². The van der Waals surface area contributed by atoms with Crippen molar-refractivity contribution in [1.29, 1.82) is 0 Å². The molecular formula is C13H25NO4S. The van der Waals surface area contributed by atoms with E-state index in [1.807, 2.05) is 0 Å². The summed E-state index contributed by atoms with van der Waals surface area (Å²) in [6.07, 6.45) is 6.04. The summed E-state index contributed by atoms with van der Waals surface area (Å²) in [5.74, 6) is -0.381. The standard InChI is InChI=1S/C13H25NO4S/c1-4-6-7-8-9-12-19(16,17)14(3)10-11-18-13(15)5-2/h5H,2,4,6-12H2,1,3H3. The van der Waals surface area contributed by atoms with Gasteiger partial charge in [0, 0.05) is 19.7 Å². The minimum Gasteiger partial charge on any atom is -0.461 e. The van der Waals surface area contributed by atoms with Gasteiger partial charge in [-0.15, -0.1) is 0 Å². The molecular weight excluding hydrogens is 266 g/mol. The Bertz CT molecular complexity index is 365. The first kappa shape index (κ1) is 18.1. The van der Waals surface area contributed by atoms with Crippen molar-refractivity contribution < 1.29 is 17.9 Å². The molecule has 0 radical (unpaired) electrons. The zero-order valence-corrected chi connectivity index (χ0v) is 12.7. The Labute approximate surface area is 116 Å². The van der Waals surface area contributed by atoms with Crippen LogP contribution in [0.2, 0.25) is 0 Å². The van der Waals surface area contributed by atoms with E-state index >= 15 is 0 Å². The molecule has 0 aliphatic heterocycles. The zero-order chi connectivity index (χ0) is 14.7. The average molecular weight is 291 g/mol.